The molecule has 8 rings (SSSR count). The lowest BCUT2D eigenvalue weighted by Crippen LogP contribution is -2.56. The summed E-state index contributed by atoms with van der Waals surface area (Å²) >= 11 is 0. The molecule has 13 nitrogen and oxygen atoms in total. The Bertz CT molecular complexity index is 2360. The number of ether oxygens (including phenoxy) is 3. The van der Waals surface area contributed by atoms with Crippen molar-refractivity contribution in [3.05, 3.63) is 47.7 Å². The average Bonchev–Trinajstić information content (AvgIpc) is 3.82. The number of phenolic OH excluding ortho intramolecular Hbond substituents is 1. The molecule has 4 aliphatic rings. The number of esters is 1. The van der Waals surface area contributed by atoms with Crippen molar-refractivity contribution in [2.45, 2.75) is 95.4 Å². The van der Waals surface area contributed by atoms with Gasteiger partial charge in [0.05, 0.1) is 28.6 Å². The quantitative estimate of drug-likeness (QED) is 0.102. The average molecular weight is 830 g/mol. The standard InChI is InChI=1S/C44H50F3N7O6/c1-7-31-34(46)12-9-26-16-30(55)17-32(36(26)31)38-37(47)39-33(19-48-38)40(50-42(49-39)58-23-44-13-8-14-53(44)20-27(45)18-44)52-21-28-10-11-29(22-52)54(28)43(57)60-25(4)59-41(56)35(51(5)6)15-24(2)3/h1,9,12,16-17,19,24-25,27-29,35,55H,8,10-11,13-15,18,20-23H2,2-6H3/t25?,27-,28?,29?,35+,44+/m1/s1. The fourth-order valence-electron chi connectivity index (χ4n) is 9.72. The number of anilines is 1. The van der Waals surface area contributed by atoms with Gasteiger partial charge in [0.15, 0.2) is 5.82 Å². The SMILES string of the molecule is C#Cc1c(F)ccc2cc(O)cc(-c3ncc4c(N5CC6CCC(C5)N6C(=O)OC(C)OC(=O)[C@H](CC(C)C)N(C)C)nc(OC[C@@]56CCCN5C[C@H](F)C6)nc4c3F)c12. The third-order valence-corrected chi connectivity index (χ3v) is 12.5. The summed E-state index contributed by atoms with van der Waals surface area (Å²) in [6.45, 7) is 7.33. The zero-order valence-electron chi connectivity index (χ0n) is 34.5. The Morgan fingerprint density at radius 2 is 1.83 bits per heavy atom. The number of hydrogen-bond donors (Lipinski definition) is 1. The topological polar surface area (TPSA) is 134 Å². The van der Waals surface area contributed by atoms with Gasteiger partial charge >= 0.3 is 18.1 Å². The minimum absolute atomic E-state index is 0.0714. The molecule has 4 aromatic rings. The highest BCUT2D eigenvalue weighted by atomic mass is 19.1. The van der Waals surface area contributed by atoms with E-state index in [1.54, 1.807) is 23.9 Å². The van der Waals surface area contributed by atoms with Crippen molar-refractivity contribution in [2.24, 2.45) is 5.92 Å². The fraction of sp³-hybridized carbons (Fsp3) is 0.523. The van der Waals surface area contributed by atoms with Gasteiger partial charge in [-0.2, -0.15) is 9.97 Å². The number of phenols is 1. The molecule has 0 radical (unpaired) electrons. The number of fused-ring (bicyclic) bond motifs is 5. The predicted molar refractivity (Wildman–Crippen MR) is 218 cm³/mol. The first kappa shape index (κ1) is 41.3. The Morgan fingerprint density at radius 1 is 1.08 bits per heavy atom. The number of amides is 1. The van der Waals surface area contributed by atoms with Gasteiger partial charge in [0, 0.05) is 50.1 Å². The molecular weight excluding hydrogens is 780 g/mol. The van der Waals surface area contributed by atoms with Gasteiger partial charge in [0.2, 0.25) is 6.29 Å². The van der Waals surface area contributed by atoms with Crippen LogP contribution in [0.5, 0.6) is 11.8 Å². The lowest BCUT2D eigenvalue weighted by molar-refractivity contribution is -0.172. The van der Waals surface area contributed by atoms with Gasteiger partial charge in [-0.05, 0) is 82.2 Å². The van der Waals surface area contributed by atoms with E-state index in [-0.39, 0.29) is 69.5 Å². The summed E-state index contributed by atoms with van der Waals surface area (Å²) in [7, 11) is 3.60. The van der Waals surface area contributed by atoms with Crippen LogP contribution in [-0.2, 0) is 14.3 Å². The summed E-state index contributed by atoms with van der Waals surface area (Å²) in [5.41, 5.74) is -0.927. The molecule has 2 bridgehead atoms. The van der Waals surface area contributed by atoms with Gasteiger partial charge in [-0.25, -0.2) is 18.0 Å². The van der Waals surface area contributed by atoms with Crippen LogP contribution in [0.25, 0.3) is 32.9 Å². The smallest absolute Gasteiger partial charge is 0.413 e. The fourth-order valence-corrected chi connectivity index (χ4v) is 9.72. The zero-order chi connectivity index (χ0) is 42.6. The summed E-state index contributed by atoms with van der Waals surface area (Å²) in [6, 6.07) is 4.08. The molecule has 60 heavy (non-hydrogen) atoms. The van der Waals surface area contributed by atoms with Crippen LogP contribution < -0.4 is 9.64 Å². The highest BCUT2D eigenvalue weighted by Gasteiger charge is 2.50. The molecule has 4 fully saturated rings. The Balaban J connectivity index is 1.11. The van der Waals surface area contributed by atoms with Crippen LogP contribution in [0, 0.1) is 29.9 Å². The van der Waals surface area contributed by atoms with Crippen molar-refractivity contribution in [3.8, 4) is 35.4 Å². The van der Waals surface area contributed by atoms with Gasteiger partial charge in [-0.3, -0.25) is 24.5 Å². The lowest BCUT2D eigenvalue weighted by atomic mass is 9.95. The van der Waals surface area contributed by atoms with E-state index in [0.717, 1.165) is 19.4 Å². The van der Waals surface area contributed by atoms with E-state index in [0.29, 0.717) is 56.5 Å². The van der Waals surface area contributed by atoms with Crippen LogP contribution in [0.15, 0.2) is 30.5 Å². The molecule has 318 valence electrons. The Morgan fingerprint density at radius 3 is 2.53 bits per heavy atom. The number of aromatic hydroxyl groups is 1. The molecule has 4 aliphatic heterocycles. The third-order valence-electron chi connectivity index (χ3n) is 12.5. The number of carbonyl (C=O) groups is 2. The van der Waals surface area contributed by atoms with Crippen LogP contribution in [-0.4, -0.2) is 130 Å². The predicted octanol–water partition coefficient (Wildman–Crippen LogP) is 6.42. The second-order valence-corrected chi connectivity index (χ2v) is 17.2. The molecule has 1 amide bonds. The summed E-state index contributed by atoms with van der Waals surface area (Å²) in [6.07, 6.45) is 8.28. The number of aromatic nitrogens is 3. The number of piperazine rings is 1. The minimum atomic E-state index is -1.12. The van der Waals surface area contributed by atoms with E-state index < -0.39 is 47.7 Å². The van der Waals surface area contributed by atoms with Crippen molar-refractivity contribution in [2.75, 3.05) is 51.8 Å². The molecule has 6 atom stereocenters. The molecule has 0 saturated carbocycles. The molecule has 0 spiro atoms. The second kappa shape index (κ2) is 16.2. The minimum Gasteiger partial charge on any atom is -0.508 e. The van der Waals surface area contributed by atoms with Gasteiger partial charge in [-0.15, -0.1) is 6.42 Å². The second-order valence-electron chi connectivity index (χ2n) is 17.2. The van der Waals surface area contributed by atoms with Gasteiger partial charge in [0.25, 0.3) is 0 Å². The van der Waals surface area contributed by atoms with Gasteiger partial charge < -0.3 is 24.2 Å². The number of hydrogen-bond acceptors (Lipinski definition) is 12. The Hall–Kier alpha value is -5.40. The molecule has 6 heterocycles. The number of rotatable bonds is 11. The summed E-state index contributed by atoms with van der Waals surface area (Å²) < 4.78 is 64.4. The van der Waals surface area contributed by atoms with E-state index in [9.17, 15) is 19.1 Å². The first-order chi connectivity index (χ1) is 28.7. The van der Waals surface area contributed by atoms with Crippen molar-refractivity contribution in [1.29, 1.82) is 0 Å². The maximum Gasteiger partial charge on any atom is 0.413 e. The number of halogens is 3. The molecule has 2 aromatic heterocycles. The molecule has 1 N–H and O–H groups in total. The number of nitrogens with zero attached hydrogens (tertiary/aromatic N) is 7. The van der Waals surface area contributed by atoms with Crippen molar-refractivity contribution in [1.82, 2.24) is 29.7 Å². The van der Waals surface area contributed by atoms with Crippen LogP contribution in [0.1, 0.15) is 64.9 Å². The summed E-state index contributed by atoms with van der Waals surface area (Å²) in [5, 5.41) is 11.5. The maximum absolute atomic E-state index is 17.2. The van der Waals surface area contributed by atoms with Crippen LogP contribution >= 0.6 is 0 Å². The van der Waals surface area contributed by atoms with Crippen LogP contribution in [0.2, 0.25) is 0 Å². The molecule has 16 heteroatoms. The monoisotopic (exact) mass is 829 g/mol. The van der Waals surface area contributed by atoms with E-state index >= 15 is 8.78 Å². The first-order valence-corrected chi connectivity index (χ1v) is 20.6. The van der Waals surface area contributed by atoms with Crippen LogP contribution in [0.4, 0.5) is 23.8 Å². The number of benzene rings is 2. The van der Waals surface area contributed by atoms with Gasteiger partial charge in [-0.1, -0.05) is 25.8 Å². The maximum atomic E-state index is 17.2. The first-order valence-electron chi connectivity index (χ1n) is 20.6. The van der Waals surface area contributed by atoms with Gasteiger partial charge in [0.1, 0.15) is 47.4 Å². The van der Waals surface area contributed by atoms with Crippen molar-refractivity contribution in [3.63, 3.8) is 0 Å². The largest absolute Gasteiger partial charge is 0.508 e. The van der Waals surface area contributed by atoms with E-state index in [1.807, 2.05) is 18.7 Å². The number of terminal acetylenes is 1. The highest BCUT2D eigenvalue weighted by Crippen LogP contribution is 2.43. The molecule has 2 aromatic carbocycles. The van der Waals surface area contributed by atoms with E-state index in [1.165, 1.54) is 37.4 Å². The molecule has 0 aliphatic carbocycles. The highest BCUT2D eigenvalue weighted by molar-refractivity contribution is 6.03. The van der Waals surface area contributed by atoms with E-state index in [2.05, 4.69) is 20.8 Å². The van der Waals surface area contributed by atoms with E-state index in [4.69, 9.17) is 25.6 Å². The Labute approximate surface area is 346 Å². The number of likely N-dealkylation sites (N-methyl/N-ethyl adjacent to an activating group) is 1. The summed E-state index contributed by atoms with van der Waals surface area (Å²) in [5.74, 6) is 0.700. The normalized spacial score (nSPS) is 23.6. The summed E-state index contributed by atoms with van der Waals surface area (Å²) in [4.78, 5) is 48.1. The number of pyridine rings is 1. The van der Waals surface area contributed by atoms with Crippen LogP contribution in [0.3, 0.4) is 0 Å². The van der Waals surface area contributed by atoms with Crippen molar-refractivity contribution < 1.29 is 42.1 Å². The lowest BCUT2D eigenvalue weighted by Gasteiger charge is -2.41. The zero-order valence-corrected chi connectivity index (χ0v) is 34.5. The number of alkyl halides is 1. The molecule has 3 unspecified atom stereocenters. The Kier molecular flexibility index (Phi) is 11.2. The molecule has 4 saturated heterocycles. The van der Waals surface area contributed by atoms with Crippen molar-refractivity contribution >= 4 is 39.6 Å². The number of carbonyl (C=O) groups excluding carboxylic acids is 2. The third kappa shape index (κ3) is 7.62. The molecular formula is C44H50F3N7O6.